The van der Waals surface area contributed by atoms with Gasteiger partial charge in [-0.1, -0.05) is 39.0 Å². The van der Waals surface area contributed by atoms with Crippen LogP contribution in [0.5, 0.6) is 0 Å². The Kier molecular flexibility index (Phi) is 6.44. The minimum Gasteiger partial charge on any atom is -0.361 e. The number of carbonyl (C=O) groups excluding carboxylic acids is 1. The molecule has 1 aromatic carbocycles. The lowest BCUT2D eigenvalue weighted by molar-refractivity contribution is -0.128. The average molecular weight is 343 g/mol. The number of rotatable bonds is 6. The molecule has 0 unspecified atom stereocenters. The molecule has 1 heterocycles. The quantitative estimate of drug-likeness (QED) is 0.368. The molecule has 0 atom stereocenters. The van der Waals surface area contributed by atoms with Gasteiger partial charge in [0.05, 0.1) is 0 Å². The van der Waals surface area contributed by atoms with Gasteiger partial charge >= 0.3 is 0 Å². The molecule has 0 aliphatic rings. The Labute approximate surface area is 149 Å². The van der Waals surface area contributed by atoms with E-state index in [1.165, 1.54) is 10.9 Å². The van der Waals surface area contributed by atoms with E-state index in [1.807, 2.05) is 26.8 Å². The van der Waals surface area contributed by atoms with E-state index >= 15 is 0 Å². The molecule has 6 heteroatoms. The van der Waals surface area contributed by atoms with Crippen LogP contribution in [0, 0.1) is 5.41 Å². The minimum absolute atomic E-state index is 0.0524. The Morgan fingerprint density at radius 1 is 1.08 bits per heavy atom. The number of aromatic nitrogens is 1. The first-order valence-electron chi connectivity index (χ1n) is 8.69. The van der Waals surface area contributed by atoms with Gasteiger partial charge in [0, 0.05) is 49.2 Å². The van der Waals surface area contributed by atoms with Gasteiger partial charge in [-0.25, -0.2) is 0 Å². The molecule has 0 bridgehead atoms. The van der Waals surface area contributed by atoms with Gasteiger partial charge in [0.1, 0.15) is 0 Å². The fourth-order valence-corrected chi connectivity index (χ4v) is 2.50. The molecule has 0 saturated heterocycles. The zero-order valence-corrected chi connectivity index (χ0v) is 15.6. The predicted molar refractivity (Wildman–Crippen MR) is 104 cm³/mol. The number of carbonyl (C=O) groups is 1. The van der Waals surface area contributed by atoms with Crippen LogP contribution in [-0.4, -0.2) is 43.5 Å². The molecule has 25 heavy (non-hydrogen) atoms. The molecule has 0 fully saturated rings. The topological polar surface area (TPSA) is 81.3 Å². The van der Waals surface area contributed by atoms with E-state index in [0.717, 1.165) is 24.4 Å². The Balaban J connectivity index is 1.71. The summed E-state index contributed by atoms with van der Waals surface area (Å²) < 4.78 is 0. The van der Waals surface area contributed by atoms with E-state index < -0.39 is 0 Å². The van der Waals surface area contributed by atoms with Crippen LogP contribution in [0.2, 0.25) is 0 Å². The minimum atomic E-state index is -0.362. The first-order chi connectivity index (χ1) is 11.9. The van der Waals surface area contributed by atoms with E-state index in [2.05, 4.69) is 50.3 Å². The molecule has 0 spiro atoms. The highest BCUT2D eigenvalue weighted by molar-refractivity contribution is 5.83. The monoisotopic (exact) mass is 343 g/mol. The molecule has 4 N–H and O–H groups in total. The Bertz CT molecular complexity index is 727. The maximum absolute atomic E-state index is 11.8. The summed E-state index contributed by atoms with van der Waals surface area (Å²) in [7, 11) is 1.74. The number of guanidine groups is 1. The van der Waals surface area contributed by atoms with E-state index in [4.69, 9.17) is 0 Å². The van der Waals surface area contributed by atoms with Gasteiger partial charge < -0.3 is 20.9 Å². The van der Waals surface area contributed by atoms with Gasteiger partial charge in [0.15, 0.2) is 5.96 Å². The molecular formula is C19H29N5O. The van der Waals surface area contributed by atoms with Crippen LogP contribution < -0.4 is 16.0 Å². The number of hydrogen-bond donors (Lipinski definition) is 4. The summed E-state index contributed by atoms with van der Waals surface area (Å²) in [6.07, 6.45) is 2.97. The third-order valence-electron chi connectivity index (χ3n) is 3.97. The highest BCUT2D eigenvalue weighted by atomic mass is 16.2. The molecule has 0 radical (unpaired) electrons. The molecule has 0 saturated carbocycles. The second-order valence-electron chi connectivity index (χ2n) is 7.04. The number of benzene rings is 1. The predicted octanol–water partition coefficient (Wildman–Crippen LogP) is 2.04. The third-order valence-corrected chi connectivity index (χ3v) is 3.97. The summed E-state index contributed by atoms with van der Waals surface area (Å²) in [6, 6.07) is 8.30. The van der Waals surface area contributed by atoms with Crippen molar-refractivity contribution in [3.05, 3.63) is 36.0 Å². The van der Waals surface area contributed by atoms with Crippen molar-refractivity contribution in [1.82, 2.24) is 20.9 Å². The zero-order chi connectivity index (χ0) is 18.3. The largest absolute Gasteiger partial charge is 0.361 e. The molecule has 2 rings (SSSR count). The summed E-state index contributed by atoms with van der Waals surface area (Å²) in [6.45, 7) is 7.70. The molecule has 1 aromatic heterocycles. The lowest BCUT2D eigenvalue weighted by atomic mass is 9.96. The van der Waals surface area contributed by atoms with Crippen LogP contribution in [0.15, 0.2) is 35.5 Å². The Morgan fingerprint density at radius 3 is 2.48 bits per heavy atom. The van der Waals surface area contributed by atoms with Crippen molar-refractivity contribution in [3.63, 3.8) is 0 Å². The number of fused-ring (bicyclic) bond motifs is 1. The number of para-hydroxylation sites is 1. The Hall–Kier alpha value is -2.50. The van der Waals surface area contributed by atoms with Gasteiger partial charge in [-0.05, 0) is 18.1 Å². The number of hydrogen-bond acceptors (Lipinski definition) is 2. The SMILES string of the molecule is CN=C(NCCNC(=O)C(C)(C)C)NCCc1c[nH]c2ccccc12. The second-order valence-corrected chi connectivity index (χ2v) is 7.04. The van der Waals surface area contributed by atoms with Crippen LogP contribution in [0.1, 0.15) is 26.3 Å². The highest BCUT2D eigenvalue weighted by Crippen LogP contribution is 2.17. The zero-order valence-electron chi connectivity index (χ0n) is 15.6. The van der Waals surface area contributed by atoms with Crippen molar-refractivity contribution in [2.24, 2.45) is 10.4 Å². The van der Waals surface area contributed by atoms with Gasteiger partial charge in [-0.3, -0.25) is 9.79 Å². The third kappa shape index (κ3) is 5.52. The van der Waals surface area contributed by atoms with Gasteiger partial charge in [-0.15, -0.1) is 0 Å². The maximum atomic E-state index is 11.8. The van der Waals surface area contributed by atoms with Gasteiger partial charge in [-0.2, -0.15) is 0 Å². The van der Waals surface area contributed by atoms with Crippen molar-refractivity contribution in [2.45, 2.75) is 27.2 Å². The number of nitrogens with one attached hydrogen (secondary N) is 4. The number of nitrogens with zero attached hydrogens (tertiary/aromatic N) is 1. The van der Waals surface area contributed by atoms with Crippen LogP contribution in [0.25, 0.3) is 10.9 Å². The Morgan fingerprint density at radius 2 is 1.76 bits per heavy atom. The molecule has 0 aliphatic carbocycles. The normalized spacial score (nSPS) is 12.2. The average Bonchev–Trinajstić information content (AvgIpc) is 2.99. The lowest BCUT2D eigenvalue weighted by Gasteiger charge is -2.18. The second kappa shape index (κ2) is 8.55. The molecular weight excluding hydrogens is 314 g/mol. The van der Waals surface area contributed by atoms with E-state index in [-0.39, 0.29) is 11.3 Å². The number of H-pyrrole nitrogens is 1. The smallest absolute Gasteiger partial charge is 0.225 e. The summed E-state index contributed by atoms with van der Waals surface area (Å²) in [4.78, 5) is 19.3. The number of aromatic amines is 1. The lowest BCUT2D eigenvalue weighted by Crippen LogP contribution is -2.43. The van der Waals surface area contributed by atoms with Crippen molar-refractivity contribution < 1.29 is 4.79 Å². The standard InChI is InChI=1S/C19H29N5O/c1-19(2,3)17(25)21-11-12-23-18(20-4)22-10-9-14-13-24-16-8-6-5-7-15(14)16/h5-8,13,24H,9-12H2,1-4H3,(H,21,25)(H2,20,22,23). The van der Waals surface area contributed by atoms with E-state index in [1.54, 1.807) is 7.05 Å². The molecule has 1 amide bonds. The fourth-order valence-electron chi connectivity index (χ4n) is 2.50. The van der Waals surface area contributed by atoms with Crippen molar-refractivity contribution in [1.29, 1.82) is 0 Å². The molecule has 2 aromatic rings. The summed E-state index contributed by atoms with van der Waals surface area (Å²) in [5.41, 5.74) is 2.09. The van der Waals surface area contributed by atoms with Crippen LogP contribution in [-0.2, 0) is 11.2 Å². The van der Waals surface area contributed by atoms with Crippen LogP contribution in [0.4, 0.5) is 0 Å². The maximum Gasteiger partial charge on any atom is 0.225 e. The highest BCUT2D eigenvalue weighted by Gasteiger charge is 2.20. The van der Waals surface area contributed by atoms with Crippen molar-refractivity contribution in [2.75, 3.05) is 26.7 Å². The molecule has 0 aliphatic heterocycles. The number of aliphatic imine (C=N–C) groups is 1. The summed E-state index contributed by atoms with van der Waals surface area (Å²) in [5.74, 6) is 0.793. The summed E-state index contributed by atoms with van der Waals surface area (Å²) in [5, 5.41) is 10.7. The fraction of sp³-hybridized carbons (Fsp3) is 0.474. The number of amides is 1. The van der Waals surface area contributed by atoms with Gasteiger partial charge in [0.2, 0.25) is 5.91 Å². The first-order valence-corrected chi connectivity index (χ1v) is 8.69. The molecule has 136 valence electrons. The van der Waals surface area contributed by atoms with Crippen molar-refractivity contribution in [3.8, 4) is 0 Å². The van der Waals surface area contributed by atoms with E-state index in [0.29, 0.717) is 13.1 Å². The van der Waals surface area contributed by atoms with Gasteiger partial charge in [0.25, 0.3) is 0 Å². The van der Waals surface area contributed by atoms with E-state index in [9.17, 15) is 4.79 Å². The van der Waals surface area contributed by atoms with Crippen LogP contribution >= 0.6 is 0 Å². The first kappa shape index (κ1) is 18.8. The van der Waals surface area contributed by atoms with Crippen molar-refractivity contribution >= 4 is 22.8 Å². The van der Waals surface area contributed by atoms with Crippen LogP contribution in [0.3, 0.4) is 0 Å². The summed E-state index contributed by atoms with van der Waals surface area (Å²) >= 11 is 0. The molecule has 6 nitrogen and oxygen atoms in total.